The van der Waals surface area contributed by atoms with Crippen LogP contribution >= 0.6 is 35.4 Å². The minimum atomic E-state index is 0.118. The van der Waals surface area contributed by atoms with Gasteiger partial charge in [0.2, 0.25) is 0 Å². The second kappa shape index (κ2) is 7.98. The lowest BCUT2D eigenvalue weighted by Crippen LogP contribution is -2.23. The Bertz CT molecular complexity index is 669. The Morgan fingerprint density at radius 3 is 2.41 bits per heavy atom. The van der Waals surface area contributed by atoms with Gasteiger partial charge in [-0.25, -0.2) is 0 Å². The zero-order valence-electron chi connectivity index (χ0n) is 11.4. The zero-order chi connectivity index (χ0) is 15.9. The number of nitrogens with zero attached hydrogens (tertiary/aromatic N) is 1. The first-order valence-corrected chi connectivity index (χ1v) is 7.47. The van der Waals surface area contributed by atoms with Crippen LogP contribution in [-0.4, -0.2) is 11.3 Å². The van der Waals surface area contributed by atoms with Crippen molar-refractivity contribution < 1.29 is 4.74 Å². The summed E-state index contributed by atoms with van der Waals surface area (Å²) in [6.45, 7) is 0.301. The van der Waals surface area contributed by atoms with Crippen LogP contribution in [0.5, 0.6) is 5.75 Å². The monoisotopic (exact) mass is 353 g/mol. The highest BCUT2D eigenvalue weighted by atomic mass is 35.5. The summed E-state index contributed by atoms with van der Waals surface area (Å²) in [6, 6.07) is 12.7. The average Bonchev–Trinajstić information content (AvgIpc) is 2.48. The van der Waals surface area contributed by atoms with Crippen LogP contribution in [0, 0.1) is 0 Å². The minimum Gasteiger partial charge on any atom is -0.489 e. The summed E-state index contributed by atoms with van der Waals surface area (Å²) in [5.41, 5.74) is 9.39. The van der Waals surface area contributed by atoms with E-state index in [0.717, 1.165) is 11.1 Å². The van der Waals surface area contributed by atoms with E-state index in [1.807, 2.05) is 24.3 Å². The van der Waals surface area contributed by atoms with Crippen LogP contribution in [0.25, 0.3) is 0 Å². The number of hydrazone groups is 1. The molecule has 0 bridgehead atoms. The van der Waals surface area contributed by atoms with Crippen molar-refractivity contribution in [3.63, 3.8) is 0 Å². The van der Waals surface area contributed by atoms with E-state index in [9.17, 15) is 0 Å². The van der Waals surface area contributed by atoms with Crippen LogP contribution in [0.4, 0.5) is 0 Å². The maximum atomic E-state index is 6.09. The number of benzene rings is 2. The molecule has 114 valence electrons. The van der Waals surface area contributed by atoms with Gasteiger partial charge < -0.3 is 10.5 Å². The predicted octanol–water partition coefficient (Wildman–Crippen LogP) is 3.74. The fourth-order valence-corrected chi connectivity index (χ4v) is 2.21. The number of rotatable bonds is 5. The van der Waals surface area contributed by atoms with E-state index in [2.05, 4.69) is 22.7 Å². The SMILES string of the molecule is NC(=S)N/N=C/c1ccc(OCc2c(Cl)cccc2Cl)cc1. The predicted molar refractivity (Wildman–Crippen MR) is 94.8 cm³/mol. The standard InChI is InChI=1S/C15H13Cl2N3OS/c16-13-2-1-3-14(17)12(13)9-21-11-6-4-10(5-7-11)8-19-20-15(18)22/h1-8H,9H2,(H3,18,20,22)/b19-8+. The van der Waals surface area contributed by atoms with Crippen LogP contribution in [0.15, 0.2) is 47.6 Å². The van der Waals surface area contributed by atoms with Crippen molar-refractivity contribution in [2.24, 2.45) is 10.8 Å². The second-order valence-electron chi connectivity index (χ2n) is 4.29. The van der Waals surface area contributed by atoms with E-state index >= 15 is 0 Å². The van der Waals surface area contributed by atoms with E-state index in [1.165, 1.54) is 0 Å². The molecule has 0 fully saturated rings. The van der Waals surface area contributed by atoms with Gasteiger partial charge in [0.15, 0.2) is 5.11 Å². The van der Waals surface area contributed by atoms with Crippen molar-refractivity contribution >= 4 is 46.7 Å². The molecule has 0 atom stereocenters. The van der Waals surface area contributed by atoms with Gasteiger partial charge in [-0.05, 0) is 54.2 Å². The van der Waals surface area contributed by atoms with Gasteiger partial charge in [0.05, 0.1) is 6.21 Å². The first-order chi connectivity index (χ1) is 10.6. The number of thiocarbonyl (C=S) groups is 1. The number of hydrogen-bond donors (Lipinski definition) is 2. The molecule has 2 rings (SSSR count). The lowest BCUT2D eigenvalue weighted by Gasteiger charge is -2.09. The molecule has 7 heteroatoms. The number of nitrogens with two attached hydrogens (primary N) is 1. The number of hydrogen-bond acceptors (Lipinski definition) is 3. The molecule has 0 amide bonds. The van der Waals surface area contributed by atoms with Gasteiger partial charge in [-0.1, -0.05) is 29.3 Å². The minimum absolute atomic E-state index is 0.118. The van der Waals surface area contributed by atoms with Gasteiger partial charge in [0.1, 0.15) is 12.4 Å². The molecule has 2 aromatic carbocycles. The Labute approximate surface area is 143 Å². The quantitative estimate of drug-likeness (QED) is 0.488. The summed E-state index contributed by atoms with van der Waals surface area (Å²) in [7, 11) is 0. The average molecular weight is 354 g/mol. The molecular formula is C15H13Cl2N3OS. The van der Waals surface area contributed by atoms with Gasteiger partial charge in [0.25, 0.3) is 0 Å². The first kappa shape index (κ1) is 16.5. The molecule has 0 unspecified atom stereocenters. The smallest absolute Gasteiger partial charge is 0.184 e. The molecule has 0 aliphatic rings. The normalized spacial score (nSPS) is 10.6. The summed E-state index contributed by atoms with van der Waals surface area (Å²) in [5, 5.41) is 5.16. The van der Waals surface area contributed by atoms with E-state index in [-0.39, 0.29) is 5.11 Å². The van der Waals surface area contributed by atoms with Crippen LogP contribution in [0.3, 0.4) is 0 Å². The largest absolute Gasteiger partial charge is 0.489 e. The van der Waals surface area contributed by atoms with E-state index in [0.29, 0.717) is 22.4 Å². The molecule has 0 heterocycles. The zero-order valence-corrected chi connectivity index (χ0v) is 13.8. The third-order valence-electron chi connectivity index (χ3n) is 2.71. The van der Waals surface area contributed by atoms with E-state index in [1.54, 1.807) is 24.4 Å². The molecule has 0 saturated carbocycles. The Morgan fingerprint density at radius 2 is 1.82 bits per heavy atom. The molecule has 4 nitrogen and oxygen atoms in total. The van der Waals surface area contributed by atoms with Crippen molar-refractivity contribution in [1.29, 1.82) is 0 Å². The van der Waals surface area contributed by atoms with Crippen molar-refractivity contribution in [3.05, 3.63) is 63.6 Å². The first-order valence-electron chi connectivity index (χ1n) is 6.30. The van der Waals surface area contributed by atoms with Crippen molar-refractivity contribution in [1.82, 2.24) is 5.43 Å². The fraction of sp³-hybridized carbons (Fsp3) is 0.0667. The van der Waals surface area contributed by atoms with Crippen molar-refractivity contribution in [2.75, 3.05) is 0 Å². The van der Waals surface area contributed by atoms with Gasteiger partial charge in [0, 0.05) is 15.6 Å². The Morgan fingerprint density at radius 1 is 1.18 bits per heavy atom. The summed E-state index contributed by atoms with van der Waals surface area (Å²) in [4.78, 5) is 0. The summed E-state index contributed by atoms with van der Waals surface area (Å²) in [6.07, 6.45) is 1.61. The second-order valence-corrected chi connectivity index (χ2v) is 5.55. The molecule has 0 aromatic heterocycles. The summed E-state index contributed by atoms with van der Waals surface area (Å²) >= 11 is 16.8. The number of ether oxygens (including phenoxy) is 1. The topological polar surface area (TPSA) is 59.6 Å². The maximum Gasteiger partial charge on any atom is 0.184 e. The highest BCUT2D eigenvalue weighted by molar-refractivity contribution is 7.80. The van der Waals surface area contributed by atoms with Gasteiger partial charge in [-0.2, -0.15) is 5.10 Å². The van der Waals surface area contributed by atoms with Crippen LogP contribution in [-0.2, 0) is 6.61 Å². The third-order valence-corrected chi connectivity index (χ3v) is 3.51. The van der Waals surface area contributed by atoms with Crippen molar-refractivity contribution in [2.45, 2.75) is 6.61 Å². The number of halogens is 2. The fourth-order valence-electron chi connectivity index (χ4n) is 1.65. The maximum absolute atomic E-state index is 6.09. The number of nitrogens with one attached hydrogen (secondary N) is 1. The van der Waals surface area contributed by atoms with Gasteiger partial charge in [-0.3, -0.25) is 5.43 Å². The molecule has 3 N–H and O–H groups in total. The molecule has 2 aromatic rings. The Kier molecular flexibility index (Phi) is 6.00. The van der Waals surface area contributed by atoms with Crippen LogP contribution in [0.2, 0.25) is 10.0 Å². The van der Waals surface area contributed by atoms with Crippen molar-refractivity contribution in [3.8, 4) is 5.75 Å². The molecule has 0 spiro atoms. The Hall–Kier alpha value is -1.82. The van der Waals surface area contributed by atoms with Crippen LogP contribution in [0.1, 0.15) is 11.1 Å². The third kappa shape index (κ3) is 4.87. The molecule has 0 aliphatic heterocycles. The van der Waals surface area contributed by atoms with Gasteiger partial charge in [-0.15, -0.1) is 0 Å². The molecule has 0 radical (unpaired) electrons. The molecular weight excluding hydrogens is 341 g/mol. The van der Waals surface area contributed by atoms with E-state index in [4.69, 9.17) is 33.7 Å². The molecule has 22 heavy (non-hydrogen) atoms. The molecule has 0 aliphatic carbocycles. The lowest BCUT2D eigenvalue weighted by molar-refractivity contribution is 0.306. The lowest BCUT2D eigenvalue weighted by atomic mass is 10.2. The van der Waals surface area contributed by atoms with E-state index < -0.39 is 0 Å². The highest BCUT2D eigenvalue weighted by Gasteiger charge is 2.06. The van der Waals surface area contributed by atoms with Gasteiger partial charge >= 0.3 is 0 Å². The summed E-state index contributed by atoms with van der Waals surface area (Å²) in [5.74, 6) is 0.704. The van der Waals surface area contributed by atoms with Crippen LogP contribution < -0.4 is 15.9 Å². The Balaban J connectivity index is 1.97. The summed E-state index contributed by atoms with van der Waals surface area (Å²) < 4.78 is 5.68. The molecule has 0 saturated heterocycles. The highest BCUT2D eigenvalue weighted by Crippen LogP contribution is 2.25.